The molecule has 0 radical (unpaired) electrons. The van der Waals surface area contributed by atoms with E-state index in [9.17, 15) is 22.6 Å². The average Bonchev–Trinajstić information content (AvgIpc) is 3.05. The summed E-state index contributed by atoms with van der Waals surface area (Å²) in [4.78, 5) is 24.5. The number of hydrogen-bond donors (Lipinski definition) is 1. The third-order valence-electron chi connectivity index (χ3n) is 8.79. The predicted octanol–water partition coefficient (Wildman–Crippen LogP) is 8.80. The zero-order valence-electron chi connectivity index (χ0n) is 32.1. The summed E-state index contributed by atoms with van der Waals surface area (Å²) in [6.45, 7) is 4.73. The summed E-state index contributed by atoms with van der Waals surface area (Å²) >= 11 is 0. The molecule has 9 heteroatoms. The molecule has 0 fully saturated rings. The third kappa shape index (κ3) is 36.9. The van der Waals surface area contributed by atoms with Crippen molar-refractivity contribution in [3.8, 4) is 0 Å². The number of carbonyl (C=O) groups is 2. The molecule has 0 aromatic rings. The first-order valence-corrected chi connectivity index (χ1v) is 21.4. The molecule has 0 aliphatic rings. The summed E-state index contributed by atoms with van der Waals surface area (Å²) in [5.41, 5.74) is 0. The van der Waals surface area contributed by atoms with Crippen LogP contribution in [-0.4, -0.2) is 43.4 Å². The van der Waals surface area contributed by atoms with E-state index in [2.05, 4.69) is 38.2 Å². The Morgan fingerprint density at radius 2 is 0.816 bits per heavy atom. The molecule has 49 heavy (non-hydrogen) atoms. The SMILES string of the molecule is CCCCCCCC/C=C\CCCCCCCCOC(=O)CC(C(=O)OCCCCCCCC/C=C\CCCCCCCC)S(=O)(=O)O.[Na+]. The number of esters is 2. The number of rotatable bonds is 36. The van der Waals surface area contributed by atoms with E-state index in [0.717, 1.165) is 57.8 Å². The molecule has 0 bridgehead atoms. The second kappa shape index (κ2) is 38.6. The maximum Gasteiger partial charge on any atom is 1.00 e. The van der Waals surface area contributed by atoms with Crippen LogP contribution in [0.1, 0.15) is 200 Å². The molecule has 0 rings (SSSR count). The Morgan fingerprint density at radius 3 is 1.16 bits per heavy atom. The summed E-state index contributed by atoms with van der Waals surface area (Å²) in [6.07, 6.45) is 41.2. The van der Waals surface area contributed by atoms with Gasteiger partial charge in [0, 0.05) is 0 Å². The predicted molar refractivity (Wildman–Crippen MR) is 201 cm³/mol. The Bertz CT molecular complexity index is 904. The number of hydrogen-bond acceptors (Lipinski definition) is 6. The maximum atomic E-state index is 12.3. The van der Waals surface area contributed by atoms with Gasteiger partial charge in [-0.1, -0.05) is 154 Å². The summed E-state index contributed by atoms with van der Waals surface area (Å²) in [7, 11) is -4.78. The van der Waals surface area contributed by atoms with Gasteiger partial charge in [-0.05, 0) is 64.2 Å². The van der Waals surface area contributed by atoms with Crippen LogP contribution in [0, 0.1) is 0 Å². The van der Waals surface area contributed by atoms with E-state index >= 15 is 0 Å². The van der Waals surface area contributed by atoms with E-state index in [1.807, 2.05) is 0 Å². The standard InChI is InChI=1S/C40H74O7S.Na/c1-3-5-7-9-11-13-15-17-19-21-23-25-27-29-31-33-35-46-39(41)37-38(48(43,44)45)40(42)47-36-34-32-30-28-26-24-22-20-18-16-14-12-10-8-6-4-2;/h17-20,38H,3-16,21-37H2,1-2H3,(H,43,44,45);/q;+1/b19-17-,20-18-;. The average molecular weight is 722 g/mol. The monoisotopic (exact) mass is 722 g/mol. The molecule has 1 unspecified atom stereocenters. The number of ether oxygens (including phenoxy) is 2. The largest absolute Gasteiger partial charge is 1.00 e. The van der Waals surface area contributed by atoms with Gasteiger partial charge in [0.1, 0.15) is 0 Å². The van der Waals surface area contributed by atoms with E-state index in [4.69, 9.17) is 9.47 Å². The van der Waals surface area contributed by atoms with Gasteiger partial charge >= 0.3 is 41.5 Å². The van der Waals surface area contributed by atoms with Crippen LogP contribution in [-0.2, 0) is 29.2 Å². The van der Waals surface area contributed by atoms with E-state index in [1.54, 1.807) is 0 Å². The van der Waals surface area contributed by atoms with Crippen molar-refractivity contribution in [2.24, 2.45) is 0 Å². The minimum absolute atomic E-state index is 0. The van der Waals surface area contributed by atoms with E-state index in [0.29, 0.717) is 12.8 Å². The molecule has 282 valence electrons. The number of allylic oxidation sites excluding steroid dienone is 4. The Hall–Kier alpha value is -0.670. The van der Waals surface area contributed by atoms with Crippen molar-refractivity contribution in [2.45, 2.75) is 205 Å². The van der Waals surface area contributed by atoms with Crippen molar-refractivity contribution >= 4 is 22.1 Å². The Labute approximate surface area is 324 Å². The summed E-state index contributed by atoms with van der Waals surface area (Å²) < 4.78 is 43.3. The van der Waals surface area contributed by atoms with Crippen LogP contribution in [0.25, 0.3) is 0 Å². The fourth-order valence-corrected chi connectivity index (χ4v) is 6.33. The first-order valence-electron chi connectivity index (χ1n) is 19.9. The molecule has 0 spiro atoms. The first-order chi connectivity index (χ1) is 23.3. The van der Waals surface area contributed by atoms with Gasteiger partial charge in [-0.25, -0.2) is 0 Å². The van der Waals surface area contributed by atoms with Crippen LogP contribution in [0.5, 0.6) is 0 Å². The van der Waals surface area contributed by atoms with Gasteiger partial charge in [-0.2, -0.15) is 8.42 Å². The quantitative estimate of drug-likeness (QED) is 0.0227. The Kier molecular flexibility index (Phi) is 39.7. The number of unbranched alkanes of at least 4 members (excludes halogenated alkanes) is 24. The van der Waals surface area contributed by atoms with Crippen molar-refractivity contribution in [1.29, 1.82) is 0 Å². The van der Waals surface area contributed by atoms with Crippen LogP contribution in [0.2, 0.25) is 0 Å². The van der Waals surface area contributed by atoms with Crippen molar-refractivity contribution in [3.63, 3.8) is 0 Å². The summed E-state index contributed by atoms with van der Waals surface area (Å²) in [5.74, 6) is -1.92. The van der Waals surface area contributed by atoms with Gasteiger partial charge in [0.15, 0.2) is 5.25 Å². The molecule has 0 aromatic heterocycles. The van der Waals surface area contributed by atoms with Crippen LogP contribution >= 0.6 is 0 Å². The van der Waals surface area contributed by atoms with E-state index in [-0.39, 0.29) is 42.8 Å². The van der Waals surface area contributed by atoms with Gasteiger partial charge in [0.05, 0.1) is 19.6 Å². The second-order valence-electron chi connectivity index (χ2n) is 13.5. The second-order valence-corrected chi connectivity index (χ2v) is 15.1. The zero-order valence-corrected chi connectivity index (χ0v) is 34.9. The van der Waals surface area contributed by atoms with Crippen LogP contribution in [0.15, 0.2) is 24.3 Å². The van der Waals surface area contributed by atoms with Gasteiger partial charge < -0.3 is 9.47 Å². The molecule has 0 aromatic carbocycles. The minimum Gasteiger partial charge on any atom is -0.466 e. The molecule has 7 nitrogen and oxygen atoms in total. The van der Waals surface area contributed by atoms with E-state index < -0.39 is 33.7 Å². The van der Waals surface area contributed by atoms with Crippen LogP contribution < -0.4 is 29.6 Å². The van der Waals surface area contributed by atoms with E-state index in [1.165, 1.54) is 109 Å². The normalized spacial score (nSPS) is 12.4. The Balaban J connectivity index is 0. The fourth-order valence-electron chi connectivity index (χ4n) is 5.67. The smallest absolute Gasteiger partial charge is 0.466 e. The van der Waals surface area contributed by atoms with Crippen molar-refractivity contribution in [2.75, 3.05) is 13.2 Å². The van der Waals surface area contributed by atoms with Gasteiger partial charge in [-0.15, -0.1) is 0 Å². The molecule has 0 heterocycles. The topological polar surface area (TPSA) is 107 Å². The van der Waals surface area contributed by atoms with Gasteiger partial charge in [0.2, 0.25) is 0 Å². The minimum atomic E-state index is -4.78. The Morgan fingerprint density at radius 1 is 0.510 bits per heavy atom. The molecule has 1 atom stereocenters. The third-order valence-corrected chi connectivity index (χ3v) is 9.87. The van der Waals surface area contributed by atoms with Crippen LogP contribution in [0.4, 0.5) is 0 Å². The van der Waals surface area contributed by atoms with Crippen molar-refractivity contribution < 1.29 is 61.6 Å². The molecule has 0 aliphatic heterocycles. The molecule has 0 saturated carbocycles. The fraction of sp³-hybridized carbons (Fsp3) is 0.850. The molecule has 0 aliphatic carbocycles. The summed E-state index contributed by atoms with van der Waals surface area (Å²) in [5, 5.41) is -1.95. The molecule has 1 N–H and O–H groups in total. The van der Waals surface area contributed by atoms with Gasteiger partial charge in [-0.3, -0.25) is 14.1 Å². The molecule has 0 amide bonds. The molecular weight excluding hydrogens is 647 g/mol. The molecular formula is C40H74NaO7S+. The van der Waals surface area contributed by atoms with Crippen molar-refractivity contribution in [3.05, 3.63) is 24.3 Å². The van der Waals surface area contributed by atoms with Gasteiger partial charge in [0.25, 0.3) is 10.1 Å². The zero-order chi connectivity index (χ0) is 35.4. The number of carbonyl (C=O) groups excluding carboxylic acids is 2. The van der Waals surface area contributed by atoms with Crippen molar-refractivity contribution in [1.82, 2.24) is 0 Å². The maximum absolute atomic E-state index is 12.3. The molecule has 0 saturated heterocycles. The van der Waals surface area contributed by atoms with Crippen LogP contribution in [0.3, 0.4) is 0 Å². The first kappa shape index (κ1) is 50.4. The summed E-state index contributed by atoms with van der Waals surface area (Å²) in [6, 6.07) is 0.